The van der Waals surface area contributed by atoms with Crippen molar-refractivity contribution >= 4 is 5.95 Å². The monoisotopic (exact) mass is 221 g/mol. The third-order valence-electron chi connectivity index (χ3n) is 1.88. The molecule has 0 radical (unpaired) electrons. The van der Waals surface area contributed by atoms with Gasteiger partial charge in [0, 0.05) is 18.9 Å². The Labute approximate surface area is 86.3 Å². The van der Waals surface area contributed by atoms with Gasteiger partial charge in [0.15, 0.2) is 0 Å². The van der Waals surface area contributed by atoms with E-state index >= 15 is 0 Å². The van der Waals surface area contributed by atoms with E-state index < -0.39 is 12.7 Å². The molecule has 0 spiro atoms. The Bertz CT molecular complexity index is 293. The number of nitrogens with one attached hydrogen (secondary N) is 1. The van der Waals surface area contributed by atoms with E-state index in [0.717, 1.165) is 17.4 Å². The van der Waals surface area contributed by atoms with E-state index in [4.69, 9.17) is 0 Å². The number of rotatable bonds is 5. The average molecular weight is 221 g/mol. The van der Waals surface area contributed by atoms with Gasteiger partial charge in [-0.3, -0.25) is 0 Å². The van der Waals surface area contributed by atoms with Gasteiger partial charge in [-0.05, 0) is 6.42 Å². The van der Waals surface area contributed by atoms with E-state index in [-0.39, 0.29) is 5.95 Å². The molecule has 15 heavy (non-hydrogen) atoms. The minimum atomic E-state index is -4.21. The molecule has 0 saturated heterocycles. The summed E-state index contributed by atoms with van der Waals surface area (Å²) in [5.41, 5.74) is 0. The van der Waals surface area contributed by atoms with Crippen LogP contribution in [0.1, 0.15) is 19.8 Å². The molecule has 1 heterocycles. The quantitative estimate of drug-likeness (QED) is 0.774. The van der Waals surface area contributed by atoms with Crippen molar-refractivity contribution in [3.8, 4) is 0 Å². The van der Waals surface area contributed by atoms with E-state index in [1.165, 1.54) is 12.4 Å². The molecule has 1 aromatic heterocycles. The van der Waals surface area contributed by atoms with Crippen molar-refractivity contribution in [2.24, 2.45) is 0 Å². The fourth-order valence-corrected chi connectivity index (χ4v) is 1.17. The first-order valence-corrected chi connectivity index (χ1v) is 4.84. The van der Waals surface area contributed by atoms with Crippen molar-refractivity contribution < 1.29 is 13.2 Å². The molecule has 86 valence electrons. The highest BCUT2D eigenvalue weighted by molar-refractivity contribution is 5.25. The summed E-state index contributed by atoms with van der Waals surface area (Å²) in [7, 11) is 0. The average Bonchev–Trinajstić information content (AvgIpc) is 2.50. The summed E-state index contributed by atoms with van der Waals surface area (Å²) in [6.07, 6.45) is 0.384. The minimum absolute atomic E-state index is 0.278. The van der Waals surface area contributed by atoms with Gasteiger partial charge in [-0.2, -0.15) is 13.2 Å². The third-order valence-corrected chi connectivity index (χ3v) is 1.88. The van der Waals surface area contributed by atoms with E-state index in [1.54, 1.807) is 0 Å². The van der Waals surface area contributed by atoms with Crippen LogP contribution < -0.4 is 5.32 Å². The zero-order valence-corrected chi connectivity index (χ0v) is 8.51. The summed E-state index contributed by atoms with van der Waals surface area (Å²) >= 11 is 0. The SMILES string of the molecule is CCCCNc1nccn1CC(F)(F)F. The number of aromatic nitrogens is 2. The predicted octanol–water partition coefficient (Wildman–Crippen LogP) is 2.66. The molecule has 6 heteroatoms. The van der Waals surface area contributed by atoms with Crippen LogP contribution in [0, 0.1) is 0 Å². The number of imidazole rings is 1. The number of hydrogen-bond donors (Lipinski definition) is 1. The molecular formula is C9H14F3N3. The van der Waals surface area contributed by atoms with Gasteiger partial charge in [0.2, 0.25) is 5.95 Å². The lowest BCUT2D eigenvalue weighted by molar-refractivity contribution is -0.140. The number of halogens is 3. The van der Waals surface area contributed by atoms with Crippen molar-refractivity contribution in [1.29, 1.82) is 0 Å². The molecule has 0 bridgehead atoms. The lowest BCUT2D eigenvalue weighted by atomic mass is 10.3. The second-order valence-electron chi connectivity index (χ2n) is 3.27. The summed E-state index contributed by atoms with van der Waals surface area (Å²) < 4.78 is 37.4. The molecule has 0 unspecified atom stereocenters. The molecule has 0 aliphatic rings. The van der Waals surface area contributed by atoms with Crippen molar-refractivity contribution in [1.82, 2.24) is 9.55 Å². The Hall–Kier alpha value is -1.20. The van der Waals surface area contributed by atoms with Crippen molar-refractivity contribution in [2.45, 2.75) is 32.5 Å². The van der Waals surface area contributed by atoms with Crippen molar-refractivity contribution in [2.75, 3.05) is 11.9 Å². The number of hydrogen-bond acceptors (Lipinski definition) is 2. The van der Waals surface area contributed by atoms with Crippen molar-refractivity contribution in [3.63, 3.8) is 0 Å². The maximum Gasteiger partial charge on any atom is 0.406 e. The Morgan fingerprint density at radius 2 is 2.20 bits per heavy atom. The van der Waals surface area contributed by atoms with Gasteiger partial charge in [-0.15, -0.1) is 0 Å². The smallest absolute Gasteiger partial charge is 0.356 e. The Morgan fingerprint density at radius 1 is 1.47 bits per heavy atom. The lowest BCUT2D eigenvalue weighted by Crippen LogP contribution is -2.19. The zero-order chi connectivity index (χ0) is 11.3. The fraction of sp³-hybridized carbons (Fsp3) is 0.667. The van der Waals surface area contributed by atoms with E-state index in [9.17, 15) is 13.2 Å². The highest BCUT2D eigenvalue weighted by Gasteiger charge is 2.28. The Morgan fingerprint density at radius 3 is 2.80 bits per heavy atom. The molecular weight excluding hydrogens is 207 g/mol. The molecule has 0 amide bonds. The molecule has 0 aliphatic carbocycles. The normalized spacial score (nSPS) is 11.7. The number of alkyl halides is 3. The predicted molar refractivity (Wildman–Crippen MR) is 51.7 cm³/mol. The van der Waals surface area contributed by atoms with Crippen molar-refractivity contribution in [3.05, 3.63) is 12.4 Å². The molecule has 1 rings (SSSR count). The number of anilines is 1. The number of unbranched alkanes of at least 4 members (excludes halogenated alkanes) is 1. The van der Waals surface area contributed by atoms with Gasteiger partial charge in [0.25, 0.3) is 0 Å². The fourth-order valence-electron chi connectivity index (χ4n) is 1.17. The van der Waals surface area contributed by atoms with Gasteiger partial charge >= 0.3 is 6.18 Å². The maximum absolute atomic E-state index is 12.1. The van der Waals surface area contributed by atoms with Crippen LogP contribution in [0.5, 0.6) is 0 Å². The first-order chi connectivity index (χ1) is 7.03. The summed E-state index contributed by atoms with van der Waals surface area (Å²) in [6.45, 7) is 1.66. The first-order valence-electron chi connectivity index (χ1n) is 4.84. The molecule has 0 aliphatic heterocycles. The topological polar surface area (TPSA) is 29.9 Å². The summed E-state index contributed by atoms with van der Waals surface area (Å²) in [6, 6.07) is 0. The van der Waals surface area contributed by atoms with Crippen LogP contribution in [0.15, 0.2) is 12.4 Å². The van der Waals surface area contributed by atoms with Crippen LogP contribution in [0.4, 0.5) is 19.1 Å². The largest absolute Gasteiger partial charge is 0.406 e. The Balaban J connectivity index is 2.53. The highest BCUT2D eigenvalue weighted by atomic mass is 19.4. The van der Waals surface area contributed by atoms with Gasteiger partial charge in [-0.25, -0.2) is 4.98 Å². The third kappa shape index (κ3) is 4.22. The molecule has 0 aromatic carbocycles. The molecule has 0 fully saturated rings. The van der Waals surface area contributed by atoms with E-state index in [0.29, 0.717) is 6.54 Å². The zero-order valence-electron chi connectivity index (χ0n) is 8.51. The molecule has 3 nitrogen and oxygen atoms in total. The van der Waals surface area contributed by atoms with Crippen LogP contribution in [-0.2, 0) is 6.54 Å². The van der Waals surface area contributed by atoms with Gasteiger partial charge in [-0.1, -0.05) is 13.3 Å². The minimum Gasteiger partial charge on any atom is -0.356 e. The lowest BCUT2D eigenvalue weighted by Gasteiger charge is -2.11. The standard InChI is InChI=1S/C9H14F3N3/c1-2-3-4-13-8-14-5-6-15(8)7-9(10,11)12/h5-6H,2-4,7H2,1H3,(H,13,14). The summed E-state index contributed by atoms with van der Waals surface area (Å²) in [5, 5.41) is 2.87. The highest BCUT2D eigenvalue weighted by Crippen LogP contribution is 2.19. The second kappa shape index (κ2) is 5.04. The van der Waals surface area contributed by atoms with Gasteiger partial charge in [0.1, 0.15) is 6.54 Å². The molecule has 0 saturated carbocycles. The number of nitrogens with zero attached hydrogens (tertiary/aromatic N) is 2. The van der Waals surface area contributed by atoms with Crippen LogP contribution in [0.3, 0.4) is 0 Å². The van der Waals surface area contributed by atoms with Crippen LogP contribution in [0.2, 0.25) is 0 Å². The first kappa shape index (κ1) is 11.9. The van der Waals surface area contributed by atoms with Crippen LogP contribution in [0.25, 0.3) is 0 Å². The van der Waals surface area contributed by atoms with Crippen LogP contribution in [-0.4, -0.2) is 22.3 Å². The second-order valence-corrected chi connectivity index (χ2v) is 3.27. The molecule has 0 atom stereocenters. The van der Waals surface area contributed by atoms with Gasteiger partial charge < -0.3 is 9.88 Å². The summed E-state index contributed by atoms with van der Waals surface area (Å²) in [5.74, 6) is 0.278. The maximum atomic E-state index is 12.1. The van der Waals surface area contributed by atoms with E-state index in [1.807, 2.05) is 6.92 Å². The molecule has 1 aromatic rings. The van der Waals surface area contributed by atoms with Crippen LogP contribution >= 0.6 is 0 Å². The summed E-state index contributed by atoms with van der Waals surface area (Å²) in [4.78, 5) is 3.82. The van der Waals surface area contributed by atoms with E-state index in [2.05, 4.69) is 10.3 Å². The molecule has 1 N–H and O–H groups in total. The Kier molecular flexibility index (Phi) is 3.99. The van der Waals surface area contributed by atoms with Gasteiger partial charge in [0.05, 0.1) is 0 Å².